The third-order valence-electron chi connectivity index (χ3n) is 3.06. The SMILES string of the molecule is CCNCc1cn(CCn2cnc(C)c2C)nn1. The second-order valence-corrected chi connectivity index (χ2v) is 4.36. The van der Waals surface area contributed by atoms with Crippen LogP contribution < -0.4 is 5.32 Å². The topological polar surface area (TPSA) is 60.6 Å². The Hall–Kier alpha value is -1.69. The van der Waals surface area contributed by atoms with Crippen molar-refractivity contribution in [3.63, 3.8) is 0 Å². The van der Waals surface area contributed by atoms with Gasteiger partial charge in [0.2, 0.25) is 0 Å². The zero-order chi connectivity index (χ0) is 13.0. The van der Waals surface area contributed by atoms with Crippen molar-refractivity contribution >= 4 is 0 Å². The first-order valence-electron chi connectivity index (χ1n) is 6.28. The van der Waals surface area contributed by atoms with Crippen LogP contribution in [0.5, 0.6) is 0 Å². The summed E-state index contributed by atoms with van der Waals surface area (Å²) in [6.45, 7) is 9.59. The Morgan fingerprint density at radius 3 is 2.78 bits per heavy atom. The molecule has 2 rings (SSSR count). The first-order chi connectivity index (χ1) is 8.70. The normalized spacial score (nSPS) is 11.1. The predicted octanol–water partition coefficient (Wildman–Crippen LogP) is 0.901. The van der Waals surface area contributed by atoms with Gasteiger partial charge in [-0.15, -0.1) is 5.10 Å². The smallest absolute Gasteiger partial charge is 0.0964 e. The average Bonchev–Trinajstić information content (AvgIpc) is 2.94. The van der Waals surface area contributed by atoms with Crippen molar-refractivity contribution in [3.8, 4) is 0 Å². The molecular formula is C12H20N6. The lowest BCUT2D eigenvalue weighted by Gasteiger charge is -2.04. The van der Waals surface area contributed by atoms with Crippen LogP contribution in [0.15, 0.2) is 12.5 Å². The molecule has 2 aromatic heterocycles. The van der Waals surface area contributed by atoms with Crippen LogP contribution in [0.2, 0.25) is 0 Å². The van der Waals surface area contributed by atoms with Crippen molar-refractivity contribution < 1.29 is 0 Å². The van der Waals surface area contributed by atoms with Crippen molar-refractivity contribution in [3.05, 3.63) is 29.6 Å². The van der Waals surface area contributed by atoms with E-state index in [1.165, 1.54) is 5.69 Å². The van der Waals surface area contributed by atoms with Crippen molar-refractivity contribution in [2.45, 2.75) is 40.4 Å². The van der Waals surface area contributed by atoms with Crippen LogP contribution in [-0.4, -0.2) is 31.1 Å². The quantitative estimate of drug-likeness (QED) is 0.825. The number of rotatable bonds is 6. The molecule has 0 spiro atoms. The summed E-state index contributed by atoms with van der Waals surface area (Å²) in [5, 5.41) is 11.5. The highest BCUT2D eigenvalue weighted by Gasteiger charge is 2.03. The minimum Gasteiger partial charge on any atom is -0.333 e. The summed E-state index contributed by atoms with van der Waals surface area (Å²) in [6, 6.07) is 0. The Morgan fingerprint density at radius 2 is 2.11 bits per heavy atom. The zero-order valence-corrected chi connectivity index (χ0v) is 11.2. The van der Waals surface area contributed by atoms with Gasteiger partial charge in [-0.2, -0.15) is 0 Å². The summed E-state index contributed by atoms with van der Waals surface area (Å²) in [4.78, 5) is 4.28. The lowest BCUT2D eigenvalue weighted by atomic mass is 10.4. The largest absolute Gasteiger partial charge is 0.333 e. The molecule has 98 valence electrons. The molecule has 0 saturated heterocycles. The minimum atomic E-state index is 0.777. The van der Waals surface area contributed by atoms with Crippen molar-refractivity contribution in [2.24, 2.45) is 0 Å². The van der Waals surface area contributed by atoms with Crippen LogP contribution in [-0.2, 0) is 19.6 Å². The summed E-state index contributed by atoms with van der Waals surface area (Å²) in [5.41, 5.74) is 3.28. The van der Waals surface area contributed by atoms with Gasteiger partial charge in [-0.3, -0.25) is 4.68 Å². The molecule has 0 amide bonds. The molecule has 0 radical (unpaired) electrons. The van der Waals surface area contributed by atoms with E-state index in [9.17, 15) is 0 Å². The molecule has 0 aromatic carbocycles. The summed E-state index contributed by atoms with van der Waals surface area (Å²) >= 11 is 0. The average molecular weight is 248 g/mol. The first kappa shape index (κ1) is 12.8. The van der Waals surface area contributed by atoms with Crippen LogP contribution in [0.3, 0.4) is 0 Å². The molecule has 2 heterocycles. The van der Waals surface area contributed by atoms with Crippen LogP contribution in [0.1, 0.15) is 24.0 Å². The van der Waals surface area contributed by atoms with Crippen LogP contribution in [0.25, 0.3) is 0 Å². The molecule has 0 aliphatic heterocycles. The highest BCUT2D eigenvalue weighted by Crippen LogP contribution is 2.04. The Balaban J connectivity index is 1.90. The third-order valence-corrected chi connectivity index (χ3v) is 3.06. The van der Waals surface area contributed by atoms with Gasteiger partial charge >= 0.3 is 0 Å². The number of hydrogen-bond acceptors (Lipinski definition) is 4. The van der Waals surface area contributed by atoms with E-state index >= 15 is 0 Å². The molecule has 6 heteroatoms. The Kier molecular flexibility index (Phi) is 4.09. The second kappa shape index (κ2) is 5.77. The van der Waals surface area contributed by atoms with Crippen LogP contribution in [0, 0.1) is 13.8 Å². The molecule has 0 bridgehead atoms. The van der Waals surface area contributed by atoms with Gasteiger partial charge in [-0.1, -0.05) is 12.1 Å². The number of nitrogens with zero attached hydrogens (tertiary/aromatic N) is 5. The van der Waals surface area contributed by atoms with E-state index in [4.69, 9.17) is 0 Å². The molecule has 0 atom stereocenters. The van der Waals surface area contributed by atoms with Gasteiger partial charge in [0.15, 0.2) is 0 Å². The van der Waals surface area contributed by atoms with Crippen molar-refractivity contribution in [1.82, 2.24) is 29.9 Å². The predicted molar refractivity (Wildman–Crippen MR) is 69.1 cm³/mol. The van der Waals surface area contributed by atoms with E-state index in [2.05, 4.69) is 39.0 Å². The molecule has 0 aliphatic rings. The fourth-order valence-corrected chi connectivity index (χ4v) is 1.76. The van der Waals surface area contributed by atoms with Gasteiger partial charge in [0.25, 0.3) is 0 Å². The maximum Gasteiger partial charge on any atom is 0.0964 e. The molecule has 1 N–H and O–H groups in total. The lowest BCUT2D eigenvalue weighted by Crippen LogP contribution is -2.12. The van der Waals surface area contributed by atoms with E-state index in [0.717, 1.165) is 37.6 Å². The van der Waals surface area contributed by atoms with E-state index in [0.29, 0.717) is 0 Å². The van der Waals surface area contributed by atoms with Crippen LogP contribution in [0.4, 0.5) is 0 Å². The Labute approximate surface area is 107 Å². The zero-order valence-electron chi connectivity index (χ0n) is 11.2. The third kappa shape index (κ3) is 2.95. The van der Waals surface area contributed by atoms with Gasteiger partial charge in [0.1, 0.15) is 0 Å². The van der Waals surface area contributed by atoms with E-state index < -0.39 is 0 Å². The molecule has 2 aromatic rings. The molecular weight excluding hydrogens is 228 g/mol. The minimum absolute atomic E-state index is 0.777. The molecule has 0 saturated carbocycles. The van der Waals surface area contributed by atoms with E-state index in [-0.39, 0.29) is 0 Å². The standard InChI is InChI=1S/C12H20N6/c1-4-13-7-12-8-18(16-15-12)6-5-17-9-14-10(2)11(17)3/h8-9,13H,4-7H2,1-3H3. The summed E-state index contributed by atoms with van der Waals surface area (Å²) in [5.74, 6) is 0. The van der Waals surface area contributed by atoms with Gasteiger partial charge in [-0.05, 0) is 20.4 Å². The van der Waals surface area contributed by atoms with Crippen molar-refractivity contribution in [1.29, 1.82) is 0 Å². The van der Waals surface area contributed by atoms with E-state index in [1.807, 2.05) is 24.1 Å². The fourth-order valence-electron chi connectivity index (χ4n) is 1.76. The lowest BCUT2D eigenvalue weighted by molar-refractivity contribution is 0.513. The van der Waals surface area contributed by atoms with Crippen LogP contribution >= 0.6 is 0 Å². The van der Waals surface area contributed by atoms with Crippen molar-refractivity contribution in [2.75, 3.05) is 6.54 Å². The summed E-state index contributed by atoms with van der Waals surface area (Å²) in [6.07, 6.45) is 3.86. The number of aromatic nitrogens is 5. The fraction of sp³-hybridized carbons (Fsp3) is 0.583. The number of imidazole rings is 1. The van der Waals surface area contributed by atoms with E-state index in [1.54, 1.807) is 0 Å². The molecule has 0 aliphatic carbocycles. The maximum absolute atomic E-state index is 4.28. The summed E-state index contributed by atoms with van der Waals surface area (Å²) < 4.78 is 4.02. The molecule has 6 nitrogen and oxygen atoms in total. The monoisotopic (exact) mass is 248 g/mol. The van der Waals surface area contributed by atoms with Gasteiger partial charge < -0.3 is 9.88 Å². The number of aryl methyl sites for hydroxylation is 3. The highest BCUT2D eigenvalue weighted by atomic mass is 15.4. The molecule has 0 unspecified atom stereocenters. The number of nitrogens with one attached hydrogen (secondary N) is 1. The van der Waals surface area contributed by atoms with Gasteiger partial charge in [-0.25, -0.2) is 4.98 Å². The maximum atomic E-state index is 4.28. The molecule has 18 heavy (non-hydrogen) atoms. The number of hydrogen-bond donors (Lipinski definition) is 1. The van der Waals surface area contributed by atoms with Gasteiger partial charge in [0.05, 0.1) is 24.3 Å². The Morgan fingerprint density at radius 1 is 1.28 bits per heavy atom. The highest BCUT2D eigenvalue weighted by molar-refractivity contribution is 5.08. The second-order valence-electron chi connectivity index (χ2n) is 4.36. The molecule has 0 fully saturated rings. The first-order valence-corrected chi connectivity index (χ1v) is 6.28. The Bertz CT molecular complexity index is 498. The van der Waals surface area contributed by atoms with Gasteiger partial charge in [0, 0.05) is 25.0 Å². The summed E-state index contributed by atoms with van der Waals surface area (Å²) in [7, 11) is 0.